The number of carboxylic acid groups (broad SMARTS) is 1. The highest BCUT2D eigenvalue weighted by atomic mass is 35.5. The first kappa shape index (κ1) is 17.2. The Kier molecular flexibility index (Phi) is 4.91. The van der Waals surface area contributed by atoms with Crippen LogP contribution in [0.25, 0.3) is 11.1 Å². The number of ether oxygens (including phenoxy) is 1. The second-order valence-corrected chi connectivity index (χ2v) is 7.19. The predicted octanol–water partition coefficient (Wildman–Crippen LogP) is 3.01. The maximum atomic E-state index is 14.1. The van der Waals surface area contributed by atoms with E-state index in [9.17, 15) is 17.6 Å². The fourth-order valence-corrected chi connectivity index (χ4v) is 2.74. The van der Waals surface area contributed by atoms with Crippen molar-refractivity contribution in [2.45, 2.75) is 4.90 Å². The molecule has 0 aliphatic heterocycles. The maximum Gasteiger partial charge on any atom is 0.341 e. The highest BCUT2D eigenvalue weighted by Gasteiger charge is 2.16. The molecular formula is C15H12ClFO5S. The van der Waals surface area contributed by atoms with E-state index in [1.807, 2.05) is 0 Å². The van der Waals surface area contributed by atoms with E-state index in [1.165, 1.54) is 18.2 Å². The summed E-state index contributed by atoms with van der Waals surface area (Å²) in [7, 11) is -3.53. The topological polar surface area (TPSA) is 80.7 Å². The lowest BCUT2D eigenvalue weighted by Gasteiger charge is -2.12. The highest BCUT2D eigenvalue weighted by molar-refractivity contribution is 7.90. The number of carboxylic acids is 1. The van der Waals surface area contributed by atoms with Crippen molar-refractivity contribution in [3.63, 3.8) is 0 Å². The van der Waals surface area contributed by atoms with Gasteiger partial charge in [0.1, 0.15) is 11.6 Å². The molecule has 0 unspecified atom stereocenters. The standard InChI is InChI=1S/C15H12ClFO5S/c1-23(20,21)10-3-4-13(17)11(7-10)12-6-9(16)2-5-14(12)22-8-15(18)19/h2-7H,8H2,1H3,(H,18,19). The largest absolute Gasteiger partial charge is 0.481 e. The molecule has 0 atom stereocenters. The van der Waals surface area contributed by atoms with E-state index >= 15 is 0 Å². The lowest BCUT2D eigenvalue weighted by molar-refractivity contribution is -0.139. The third-order valence-corrected chi connectivity index (χ3v) is 4.29. The fourth-order valence-electron chi connectivity index (χ4n) is 1.92. The number of aliphatic carboxylic acids is 1. The first-order valence-electron chi connectivity index (χ1n) is 6.32. The van der Waals surface area contributed by atoms with Gasteiger partial charge in [0.05, 0.1) is 4.90 Å². The van der Waals surface area contributed by atoms with Crippen molar-refractivity contribution < 1.29 is 27.4 Å². The number of hydrogen-bond donors (Lipinski definition) is 1. The lowest BCUT2D eigenvalue weighted by Crippen LogP contribution is -2.10. The highest BCUT2D eigenvalue weighted by Crippen LogP contribution is 2.35. The summed E-state index contributed by atoms with van der Waals surface area (Å²) >= 11 is 5.90. The molecule has 0 saturated carbocycles. The summed E-state index contributed by atoms with van der Waals surface area (Å²) < 4.78 is 42.5. The Bertz CT molecular complexity index is 864. The molecule has 8 heteroatoms. The van der Waals surface area contributed by atoms with Crippen LogP contribution in [0.5, 0.6) is 5.75 Å². The van der Waals surface area contributed by atoms with Crippen molar-refractivity contribution in [1.82, 2.24) is 0 Å². The SMILES string of the molecule is CS(=O)(=O)c1ccc(F)c(-c2cc(Cl)ccc2OCC(=O)O)c1. The molecule has 2 rings (SSSR count). The molecule has 2 aromatic carbocycles. The zero-order valence-electron chi connectivity index (χ0n) is 11.9. The van der Waals surface area contributed by atoms with Crippen LogP contribution in [-0.4, -0.2) is 32.4 Å². The molecule has 122 valence electrons. The first-order valence-corrected chi connectivity index (χ1v) is 8.59. The number of hydrogen-bond acceptors (Lipinski definition) is 4. The number of carbonyl (C=O) groups is 1. The van der Waals surface area contributed by atoms with Crippen LogP contribution in [0.15, 0.2) is 41.3 Å². The van der Waals surface area contributed by atoms with E-state index in [-0.39, 0.29) is 26.8 Å². The maximum absolute atomic E-state index is 14.1. The lowest BCUT2D eigenvalue weighted by atomic mass is 10.0. The first-order chi connectivity index (χ1) is 10.7. The van der Waals surface area contributed by atoms with Crippen LogP contribution >= 0.6 is 11.6 Å². The van der Waals surface area contributed by atoms with Gasteiger partial charge in [-0.25, -0.2) is 17.6 Å². The zero-order valence-corrected chi connectivity index (χ0v) is 13.5. The Hall–Kier alpha value is -2.12. The van der Waals surface area contributed by atoms with Crippen molar-refractivity contribution in [1.29, 1.82) is 0 Å². The van der Waals surface area contributed by atoms with Crippen LogP contribution in [0.4, 0.5) is 4.39 Å². The second kappa shape index (κ2) is 6.55. The van der Waals surface area contributed by atoms with Crippen LogP contribution in [-0.2, 0) is 14.6 Å². The van der Waals surface area contributed by atoms with Gasteiger partial charge >= 0.3 is 5.97 Å². The Morgan fingerprint density at radius 2 is 1.91 bits per heavy atom. The van der Waals surface area contributed by atoms with Crippen molar-refractivity contribution in [2.24, 2.45) is 0 Å². The molecule has 0 bridgehead atoms. The molecule has 0 amide bonds. The summed E-state index contributed by atoms with van der Waals surface area (Å²) in [5.74, 6) is -1.79. The minimum atomic E-state index is -3.53. The molecule has 0 saturated heterocycles. The minimum Gasteiger partial charge on any atom is -0.481 e. The molecule has 0 aromatic heterocycles. The molecule has 0 heterocycles. The number of benzene rings is 2. The van der Waals surface area contributed by atoms with Gasteiger partial charge in [0.15, 0.2) is 16.4 Å². The van der Waals surface area contributed by atoms with Gasteiger partial charge in [-0.2, -0.15) is 0 Å². The predicted molar refractivity (Wildman–Crippen MR) is 83.1 cm³/mol. The Morgan fingerprint density at radius 3 is 2.52 bits per heavy atom. The summed E-state index contributed by atoms with van der Waals surface area (Å²) in [4.78, 5) is 10.6. The minimum absolute atomic E-state index is 0.0455. The Balaban J connectivity index is 2.61. The van der Waals surface area contributed by atoms with Gasteiger partial charge in [0, 0.05) is 22.4 Å². The average Bonchev–Trinajstić information content (AvgIpc) is 2.45. The van der Waals surface area contributed by atoms with E-state index in [1.54, 1.807) is 0 Å². The van der Waals surface area contributed by atoms with Crippen LogP contribution in [0.2, 0.25) is 5.02 Å². The zero-order chi connectivity index (χ0) is 17.2. The quantitative estimate of drug-likeness (QED) is 0.831. The van der Waals surface area contributed by atoms with E-state index < -0.39 is 28.2 Å². The summed E-state index contributed by atoms with van der Waals surface area (Å²) in [6.07, 6.45) is 1.00. The molecule has 0 spiro atoms. The van der Waals surface area contributed by atoms with Gasteiger partial charge in [-0.3, -0.25) is 0 Å². The molecule has 0 aliphatic carbocycles. The third-order valence-electron chi connectivity index (χ3n) is 2.95. The van der Waals surface area contributed by atoms with Gasteiger partial charge in [-0.05, 0) is 36.4 Å². The molecule has 0 fully saturated rings. The van der Waals surface area contributed by atoms with Crippen LogP contribution in [0.3, 0.4) is 0 Å². The Morgan fingerprint density at radius 1 is 1.22 bits per heavy atom. The van der Waals surface area contributed by atoms with Crippen molar-refractivity contribution >= 4 is 27.4 Å². The number of rotatable bonds is 5. The van der Waals surface area contributed by atoms with Crippen LogP contribution < -0.4 is 4.74 Å². The monoisotopic (exact) mass is 358 g/mol. The van der Waals surface area contributed by atoms with E-state index in [0.717, 1.165) is 24.5 Å². The Labute approximate surface area is 137 Å². The summed E-state index contributed by atoms with van der Waals surface area (Å²) in [6, 6.07) is 7.56. The van der Waals surface area contributed by atoms with Crippen molar-refractivity contribution in [3.8, 4) is 16.9 Å². The van der Waals surface area contributed by atoms with E-state index in [0.29, 0.717) is 0 Å². The van der Waals surface area contributed by atoms with Gasteiger partial charge in [-0.15, -0.1) is 0 Å². The second-order valence-electron chi connectivity index (χ2n) is 4.74. The smallest absolute Gasteiger partial charge is 0.341 e. The van der Waals surface area contributed by atoms with Gasteiger partial charge in [-0.1, -0.05) is 11.6 Å². The molecule has 23 heavy (non-hydrogen) atoms. The summed E-state index contributed by atoms with van der Waals surface area (Å²) in [5.41, 5.74) is 0.123. The van der Waals surface area contributed by atoms with E-state index in [2.05, 4.69) is 0 Å². The third kappa shape index (κ3) is 4.20. The number of sulfone groups is 1. The van der Waals surface area contributed by atoms with Crippen molar-refractivity contribution in [2.75, 3.05) is 12.9 Å². The van der Waals surface area contributed by atoms with Crippen LogP contribution in [0.1, 0.15) is 0 Å². The molecule has 5 nitrogen and oxygen atoms in total. The molecule has 0 aliphatic rings. The van der Waals surface area contributed by atoms with Crippen molar-refractivity contribution in [3.05, 3.63) is 47.2 Å². The van der Waals surface area contributed by atoms with Gasteiger partial charge in [0.25, 0.3) is 0 Å². The summed E-state index contributed by atoms with van der Waals surface area (Å²) in [5, 5.41) is 8.96. The van der Waals surface area contributed by atoms with Crippen LogP contribution in [0, 0.1) is 5.82 Å². The average molecular weight is 359 g/mol. The van der Waals surface area contributed by atoms with Gasteiger partial charge in [0.2, 0.25) is 0 Å². The fraction of sp³-hybridized carbons (Fsp3) is 0.133. The normalized spacial score (nSPS) is 11.3. The molecular weight excluding hydrogens is 347 g/mol. The molecule has 0 radical (unpaired) electrons. The van der Waals surface area contributed by atoms with E-state index in [4.69, 9.17) is 21.4 Å². The molecule has 1 N–H and O–H groups in total. The number of halogens is 2. The molecule has 2 aromatic rings. The summed E-state index contributed by atoms with van der Waals surface area (Å²) in [6.45, 7) is -0.623. The van der Waals surface area contributed by atoms with Gasteiger partial charge < -0.3 is 9.84 Å².